The lowest BCUT2D eigenvalue weighted by atomic mass is 10.1. The summed E-state index contributed by atoms with van der Waals surface area (Å²) < 4.78 is 0. The van der Waals surface area contributed by atoms with Gasteiger partial charge in [0, 0.05) is 18.0 Å². The van der Waals surface area contributed by atoms with Crippen molar-refractivity contribution in [3.63, 3.8) is 0 Å². The Morgan fingerprint density at radius 3 is 1.95 bits per heavy atom. The molecule has 1 atom stereocenters. The molecule has 1 unspecified atom stereocenters. The molecule has 0 spiro atoms. The molecule has 1 N–H and O–H groups in total. The van der Waals surface area contributed by atoms with Crippen molar-refractivity contribution in [1.29, 1.82) is 0 Å². The Balaban J connectivity index is 3.01. The van der Waals surface area contributed by atoms with Gasteiger partial charge in [-0.25, -0.2) is 0 Å². The predicted octanol–water partition coefficient (Wildman–Crippen LogP) is 5.36. The van der Waals surface area contributed by atoms with Crippen LogP contribution in [-0.4, -0.2) is 30.1 Å². The number of carbonyl (C=O) groups excluding carboxylic acids is 1. The van der Waals surface area contributed by atoms with Gasteiger partial charge in [0.05, 0.1) is 18.5 Å². The molecular weight excluding hydrogens is 301 g/mol. The molecule has 0 fully saturated rings. The van der Waals surface area contributed by atoms with Crippen molar-refractivity contribution in [2.45, 2.75) is 47.2 Å². The second-order valence-electron chi connectivity index (χ2n) is 5.75. The lowest BCUT2D eigenvalue weighted by Gasteiger charge is -2.29. The smallest absolute Gasteiger partial charge is 0.264 e. The van der Waals surface area contributed by atoms with Crippen molar-refractivity contribution in [3.8, 4) is 0 Å². The third kappa shape index (κ3) is 3.99. The van der Waals surface area contributed by atoms with Crippen LogP contribution in [0.1, 0.15) is 38.8 Å². The zero-order chi connectivity index (χ0) is 16.2. The third-order valence-electron chi connectivity index (χ3n) is 4.84. The SMILES string of the molecule is CC[P+](CC)(CC)C(C)C(=O)Nc1c(C)cc(Cl)cc1C. The van der Waals surface area contributed by atoms with E-state index in [-0.39, 0.29) is 11.6 Å². The number of nitrogens with one attached hydrogen (secondary N) is 1. The van der Waals surface area contributed by atoms with Gasteiger partial charge in [-0.15, -0.1) is 0 Å². The van der Waals surface area contributed by atoms with Crippen LogP contribution in [0.15, 0.2) is 12.1 Å². The number of halogens is 1. The summed E-state index contributed by atoms with van der Waals surface area (Å²) in [6.07, 6.45) is 3.40. The van der Waals surface area contributed by atoms with Crippen LogP contribution >= 0.6 is 18.9 Å². The molecule has 0 radical (unpaired) electrons. The van der Waals surface area contributed by atoms with E-state index in [2.05, 4.69) is 33.0 Å². The van der Waals surface area contributed by atoms with E-state index in [0.29, 0.717) is 5.02 Å². The van der Waals surface area contributed by atoms with Crippen LogP contribution in [0.2, 0.25) is 5.02 Å². The van der Waals surface area contributed by atoms with Crippen molar-refractivity contribution < 1.29 is 4.79 Å². The Labute approximate surface area is 135 Å². The van der Waals surface area contributed by atoms with Crippen LogP contribution in [0.25, 0.3) is 0 Å². The van der Waals surface area contributed by atoms with E-state index in [1.54, 1.807) is 0 Å². The van der Waals surface area contributed by atoms with Gasteiger partial charge in [0.1, 0.15) is 5.66 Å². The van der Waals surface area contributed by atoms with Gasteiger partial charge in [-0.05, 0) is 64.8 Å². The number of rotatable bonds is 6. The molecule has 1 aromatic carbocycles. The summed E-state index contributed by atoms with van der Waals surface area (Å²) in [5.74, 6) is 0.155. The third-order valence-corrected chi connectivity index (χ3v) is 10.7. The molecule has 1 aromatic rings. The Kier molecular flexibility index (Phi) is 6.69. The second-order valence-corrected chi connectivity index (χ2v) is 11.3. The molecule has 0 aliphatic rings. The lowest BCUT2D eigenvalue weighted by molar-refractivity contribution is -0.115. The number of benzene rings is 1. The molecule has 1 rings (SSSR count). The van der Waals surface area contributed by atoms with Gasteiger partial charge in [0.25, 0.3) is 5.91 Å². The normalized spacial score (nSPS) is 13.1. The van der Waals surface area contributed by atoms with Gasteiger partial charge in [-0.1, -0.05) is 11.6 Å². The number of anilines is 1. The summed E-state index contributed by atoms with van der Waals surface area (Å²) in [7, 11) is -1.20. The van der Waals surface area contributed by atoms with E-state index in [1.807, 2.05) is 26.0 Å². The number of aryl methyl sites for hydroxylation is 2. The molecular formula is C17H28ClNOP+. The summed E-state index contributed by atoms with van der Waals surface area (Å²) >= 11 is 6.05. The first-order chi connectivity index (χ1) is 9.81. The number of amides is 1. The van der Waals surface area contributed by atoms with Crippen molar-refractivity contribution in [3.05, 3.63) is 28.3 Å². The Morgan fingerprint density at radius 1 is 1.14 bits per heavy atom. The highest BCUT2D eigenvalue weighted by Crippen LogP contribution is 2.62. The van der Waals surface area contributed by atoms with Crippen molar-refractivity contribution in [1.82, 2.24) is 0 Å². The van der Waals surface area contributed by atoms with Crippen LogP contribution < -0.4 is 5.32 Å². The van der Waals surface area contributed by atoms with Crippen molar-refractivity contribution in [2.75, 3.05) is 23.8 Å². The summed E-state index contributed by atoms with van der Waals surface area (Å²) in [5, 5.41) is 3.86. The number of hydrogen-bond donors (Lipinski definition) is 1. The maximum absolute atomic E-state index is 12.7. The Morgan fingerprint density at radius 2 is 1.57 bits per heavy atom. The lowest BCUT2D eigenvalue weighted by Crippen LogP contribution is -2.31. The topological polar surface area (TPSA) is 29.1 Å². The molecule has 1 amide bonds. The first kappa shape index (κ1) is 18.5. The van der Waals surface area contributed by atoms with Crippen LogP contribution in [-0.2, 0) is 4.79 Å². The monoisotopic (exact) mass is 328 g/mol. The fourth-order valence-corrected chi connectivity index (χ4v) is 6.95. The van der Waals surface area contributed by atoms with Crippen molar-refractivity contribution >= 4 is 30.5 Å². The largest absolute Gasteiger partial charge is 0.322 e. The molecule has 21 heavy (non-hydrogen) atoms. The number of carbonyl (C=O) groups is 1. The highest BCUT2D eigenvalue weighted by Gasteiger charge is 2.42. The molecule has 0 aromatic heterocycles. The van der Waals surface area contributed by atoms with E-state index in [0.717, 1.165) is 35.3 Å². The fourth-order valence-electron chi connectivity index (χ4n) is 3.08. The maximum Gasteiger partial charge on any atom is 0.264 e. The van der Waals surface area contributed by atoms with Gasteiger partial charge in [0.2, 0.25) is 0 Å². The van der Waals surface area contributed by atoms with Gasteiger partial charge in [-0.2, -0.15) is 0 Å². The first-order valence-electron chi connectivity index (χ1n) is 7.74. The average Bonchev–Trinajstić information content (AvgIpc) is 2.44. The molecule has 0 bridgehead atoms. The molecule has 4 heteroatoms. The minimum absolute atomic E-state index is 0.104. The minimum Gasteiger partial charge on any atom is -0.322 e. The summed E-state index contributed by atoms with van der Waals surface area (Å²) in [4.78, 5) is 12.7. The van der Waals surface area contributed by atoms with E-state index < -0.39 is 7.26 Å². The quantitative estimate of drug-likeness (QED) is 0.700. The molecule has 0 aliphatic heterocycles. The molecule has 0 aliphatic carbocycles. The molecule has 118 valence electrons. The van der Waals surface area contributed by atoms with Gasteiger partial charge >= 0.3 is 0 Å². The van der Waals surface area contributed by atoms with Gasteiger partial charge < -0.3 is 5.32 Å². The minimum atomic E-state index is -1.20. The van der Waals surface area contributed by atoms with E-state index in [1.165, 1.54) is 0 Å². The molecule has 0 saturated carbocycles. The van der Waals surface area contributed by atoms with E-state index in [4.69, 9.17) is 11.6 Å². The fraction of sp³-hybridized carbons (Fsp3) is 0.588. The second kappa shape index (κ2) is 7.61. The molecule has 0 saturated heterocycles. The van der Waals surface area contributed by atoms with E-state index >= 15 is 0 Å². The molecule has 0 heterocycles. The maximum atomic E-state index is 12.7. The standard InChI is InChI=1S/C17H27ClNOP/c1-7-21(8-2,9-3)14(6)17(20)19-16-12(4)10-15(18)11-13(16)5/h10-11,14H,7-9H2,1-6H3/p+1. The highest BCUT2D eigenvalue weighted by molar-refractivity contribution is 7.77. The summed E-state index contributed by atoms with van der Waals surface area (Å²) in [6, 6.07) is 3.80. The van der Waals surface area contributed by atoms with Crippen LogP contribution in [0.5, 0.6) is 0 Å². The van der Waals surface area contributed by atoms with Crippen molar-refractivity contribution in [2.24, 2.45) is 0 Å². The Bertz CT molecular complexity index is 480. The summed E-state index contributed by atoms with van der Waals surface area (Å²) in [5.41, 5.74) is 3.06. The highest BCUT2D eigenvalue weighted by atomic mass is 35.5. The average molecular weight is 329 g/mol. The van der Waals surface area contributed by atoms with Gasteiger partial charge in [-0.3, -0.25) is 4.79 Å². The van der Waals surface area contributed by atoms with Crippen LogP contribution in [0, 0.1) is 13.8 Å². The summed E-state index contributed by atoms with van der Waals surface area (Å²) in [6.45, 7) is 12.7. The van der Waals surface area contributed by atoms with Crippen LogP contribution in [0.3, 0.4) is 0 Å². The number of hydrogen-bond acceptors (Lipinski definition) is 1. The van der Waals surface area contributed by atoms with E-state index in [9.17, 15) is 4.79 Å². The zero-order valence-electron chi connectivity index (χ0n) is 14.1. The Hall–Kier alpha value is -0.590. The van der Waals surface area contributed by atoms with Crippen LogP contribution in [0.4, 0.5) is 5.69 Å². The first-order valence-corrected chi connectivity index (χ1v) is 10.5. The van der Waals surface area contributed by atoms with Gasteiger partial charge in [0.15, 0.2) is 0 Å². The predicted molar refractivity (Wildman–Crippen MR) is 97.6 cm³/mol. The molecule has 2 nitrogen and oxygen atoms in total. The zero-order valence-corrected chi connectivity index (χ0v) is 15.7.